The summed E-state index contributed by atoms with van der Waals surface area (Å²) in [5.41, 5.74) is 3.72. The highest BCUT2D eigenvalue weighted by atomic mass is 16.6. The Bertz CT molecular complexity index is 999. The highest BCUT2D eigenvalue weighted by Gasteiger charge is 2.42. The molecule has 4 rings (SSSR count). The number of carbonyl (C=O) groups is 2. The molecule has 2 aromatic carbocycles. The molecule has 0 N–H and O–H groups in total. The van der Waals surface area contributed by atoms with Gasteiger partial charge in [0.05, 0.1) is 18.7 Å². The van der Waals surface area contributed by atoms with E-state index in [9.17, 15) is 9.59 Å². The van der Waals surface area contributed by atoms with Gasteiger partial charge in [0.15, 0.2) is 0 Å². The van der Waals surface area contributed by atoms with E-state index in [1.807, 2.05) is 45.0 Å². The Morgan fingerprint density at radius 3 is 2.48 bits per heavy atom. The highest BCUT2D eigenvalue weighted by Crippen LogP contribution is 2.42. The summed E-state index contributed by atoms with van der Waals surface area (Å²) in [7, 11) is 1.45. The molecule has 0 aromatic heterocycles. The number of esters is 1. The smallest absolute Gasteiger partial charge is 0.414 e. The van der Waals surface area contributed by atoms with Gasteiger partial charge in [0.25, 0.3) is 0 Å². The number of amides is 1. The number of aryl methyl sites for hydroxylation is 1. The Kier molecular flexibility index (Phi) is 6.75. The predicted octanol–water partition coefficient (Wildman–Crippen LogP) is 4.76. The van der Waals surface area contributed by atoms with Gasteiger partial charge < -0.3 is 9.47 Å². The molecule has 1 fully saturated rings. The number of para-hydroxylation sites is 1. The summed E-state index contributed by atoms with van der Waals surface area (Å²) in [5, 5.41) is 0. The standard InChI is InChI=1S/C27H34N2O4/c1-27(2,3)33-26(31)29-15-9-13-20-12-8-14-21(24(20)29)22-17-28(18-23(22)25(30)32-4)16-19-10-6-5-7-11-19/h5-8,10-12,14,22-23H,9,13,15-18H2,1-4H3. The largest absolute Gasteiger partial charge is 0.469 e. The maximum Gasteiger partial charge on any atom is 0.414 e. The molecule has 2 atom stereocenters. The summed E-state index contributed by atoms with van der Waals surface area (Å²) in [6.45, 7) is 8.39. The lowest BCUT2D eigenvalue weighted by molar-refractivity contribution is -0.145. The first-order valence-electron chi connectivity index (χ1n) is 11.7. The van der Waals surface area contributed by atoms with Crippen LogP contribution in [0.15, 0.2) is 48.5 Å². The minimum Gasteiger partial charge on any atom is -0.469 e. The van der Waals surface area contributed by atoms with Crippen molar-refractivity contribution in [2.75, 3.05) is 31.6 Å². The first kappa shape index (κ1) is 23.3. The minimum absolute atomic E-state index is 0.0563. The lowest BCUT2D eigenvalue weighted by atomic mass is 9.84. The van der Waals surface area contributed by atoms with E-state index in [0.29, 0.717) is 13.1 Å². The summed E-state index contributed by atoms with van der Waals surface area (Å²) in [6, 6.07) is 16.5. The number of ether oxygens (including phenoxy) is 2. The molecular weight excluding hydrogens is 416 g/mol. The Morgan fingerprint density at radius 2 is 1.79 bits per heavy atom. The van der Waals surface area contributed by atoms with E-state index >= 15 is 0 Å². The van der Waals surface area contributed by atoms with Crippen LogP contribution in [0.1, 0.15) is 49.8 Å². The zero-order valence-corrected chi connectivity index (χ0v) is 20.0. The number of rotatable bonds is 4. The van der Waals surface area contributed by atoms with Crippen LogP contribution in [0.2, 0.25) is 0 Å². The van der Waals surface area contributed by atoms with Gasteiger partial charge in [-0.15, -0.1) is 0 Å². The van der Waals surface area contributed by atoms with Crippen LogP contribution in [-0.4, -0.2) is 49.3 Å². The van der Waals surface area contributed by atoms with E-state index in [4.69, 9.17) is 9.47 Å². The topological polar surface area (TPSA) is 59.1 Å². The van der Waals surface area contributed by atoms with Crippen LogP contribution in [0.5, 0.6) is 0 Å². The van der Waals surface area contributed by atoms with Crippen molar-refractivity contribution >= 4 is 17.7 Å². The zero-order chi connectivity index (χ0) is 23.6. The van der Waals surface area contributed by atoms with Gasteiger partial charge in [0.1, 0.15) is 5.60 Å². The van der Waals surface area contributed by atoms with Crippen LogP contribution >= 0.6 is 0 Å². The quantitative estimate of drug-likeness (QED) is 0.629. The monoisotopic (exact) mass is 450 g/mol. The third-order valence-corrected chi connectivity index (χ3v) is 6.41. The average molecular weight is 451 g/mol. The molecule has 0 radical (unpaired) electrons. The molecule has 1 saturated heterocycles. The zero-order valence-electron chi connectivity index (χ0n) is 20.0. The number of carbonyl (C=O) groups excluding carboxylic acids is 2. The second-order valence-electron chi connectivity index (χ2n) is 10.0. The Labute approximate surface area is 196 Å². The fourth-order valence-corrected chi connectivity index (χ4v) is 5.04. The molecule has 6 nitrogen and oxygen atoms in total. The number of fused-ring (bicyclic) bond motifs is 1. The molecule has 0 bridgehead atoms. The second kappa shape index (κ2) is 9.56. The van der Waals surface area contributed by atoms with Crippen molar-refractivity contribution < 1.29 is 19.1 Å². The highest BCUT2D eigenvalue weighted by molar-refractivity contribution is 5.91. The van der Waals surface area contributed by atoms with E-state index in [1.165, 1.54) is 12.7 Å². The SMILES string of the molecule is COC(=O)C1CN(Cc2ccccc2)CC1c1cccc2c1N(C(=O)OC(C)(C)C)CCC2. The molecule has 33 heavy (non-hydrogen) atoms. The van der Waals surface area contributed by atoms with Gasteiger partial charge in [-0.1, -0.05) is 48.5 Å². The molecule has 2 aromatic rings. The molecule has 176 valence electrons. The average Bonchev–Trinajstić information content (AvgIpc) is 3.20. The first-order chi connectivity index (χ1) is 15.8. The van der Waals surface area contributed by atoms with Crippen LogP contribution < -0.4 is 4.90 Å². The van der Waals surface area contributed by atoms with E-state index in [1.54, 1.807) is 4.90 Å². The van der Waals surface area contributed by atoms with Crippen molar-refractivity contribution in [1.29, 1.82) is 0 Å². The maximum absolute atomic E-state index is 13.1. The van der Waals surface area contributed by atoms with Crippen LogP contribution in [0.25, 0.3) is 0 Å². The van der Waals surface area contributed by atoms with Gasteiger partial charge in [-0.05, 0) is 50.3 Å². The summed E-state index contributed by atoms with van der Waals surface area (Å²) in [4.78, 5) is 30.0. The summed E-state index contributed by atoms with van der Waals surface area (Å²) in [6.07, 6.45) is 1.47. The van der Waals surface area contributed by atoms with Crippen molar-refractivity contribution in [2.24, 2.45) is 5.92 Å². The van der Waals surface area contributed by atoms with Gasteiger partial charge in [0.2, 0.25) is 0 Å². The fourth-order valence-electron chi connectivity index (χ4n) is 5.04. The molecule has 0 saturated carbocycles. The lowest BCUT2D eigenvalue weighted by Gasteiger charge is -2.35. The van der Waals surface area contributed by atoms with Crippen molar-refractivity contribution in [3.63, 3.8) is 0 Å². The number of anilines is 1. The first-order valence-corrected chi connectivity index (χ1v) is 11.7. The van der Waals surface area contributed by atoms with Crippen molar-refractivity contribution in [2.45, 2.75) is 51.7 Å². The Morgan fingerprint density at radius 1 is 1.03 bits per heavy atom. The van der Waals surface area contributed by atoms with Gasteiger partial charge in [-0.3, -0.25) is 14.6 Å². The number of methoxy groups -OCH3 is 1. The molecular formula is C27H34N2O4. The van der Waals surface area contributed by atoms with Crippen LogP contribution in [0, 0.1) is 5.92 Å². The summed E-state index contributed by atoms with van der Waals surface area (Å²) < 4.78 is 10.9. The molecule has 2 heterocycles. The van der Waals surface area contributed by atoms with E-state index in [0.717, 1.165) is 42.7 Å². The number of nitrogens with zero attached hydrogens (tertiary/aromatic N) is 2. The molecule has 6 heteroatoms. The third kappa shape index (κ3) is 5.22. The van der Waals surface area contributed by atoms with Crippen LogP contribution in [0.4, 0.5) is 10.5 Å². The van der Waals surface area contributed by atoms with Crippen LogP contribution in [-0.2, 0) is 27.2 Å². The van der Waals surface area contributed by atoms with E-state index in [-0.39, 0.29) is 23.9 Å². The lowest BCUT2D eigenvalue weighted by Crippen LogP contribution is -2.41. The normalized spacial score (nSPS) is 20.9. The van der Waals surface area contributed by atoms with E-state index < -0.39 is 5.60 Å². The fraction of sp³-hybridized carbons (Fsp3) is 0.481. The number of hydrogen-bond donors (Lipinski definition) is 0. The maximum atomic E-state index is 13.1. The number of likely N-dealkylation sites (tertiary alicyclic amines) is 1. The van der Waals surface area contributed by atoms with Crippen molar-refractivity contribution in [3.8, 4) is 0 Å². The molecule has 2 aliphatic rings. The number of benzene rings is 2. The van der Waals surface area contributed by atoms with Crippen molar-refractivity contribution in [3.05, 3.63) is 65.2 Å². The van der Waals surface area contributed by atoms with Gasteiger partial charge >= 0.3 is 12.1 Å². The second-order valence-corrected chi connectivity index (χ2v) is 10.0. The Hall–Kier alpha value is -2.86. The van der Waals surface area contributed by atoms with Crippen molar-refractivity contribution in [1.82, 2.24) is 4.90 Å². The number of hydrogen-bond acceptors (Lipinski definition) is 5. The van der Waals surface area contributed by atoms with Crippen LogP contribution in [0.3, 0.4) is 0 Å². The predicted molar refractivity (Wildman–Crippen MR) is 128 cm³/mol. The van der Waals surface area contributed by atoms with Gasteiger partial charge in [0, 0.05) is 32.1 Å². The molecule has 0 aliphatic carbocycles. The molecule has 2 aliphatic heterocycles. The minimum atomic E-state index is -0.571. The molecule has 0 spiro atoms. The van der Waals surface area contributed by atoms with Gasteiger partial charge in [-0.2, -0.15) is 0 Å². The molecule has 2 unspecified atom stereocenters. The summed E-state index contributed by atoms with van der Waals surface area (Å²) in [5.74, 6) is -0.542. The molecule has 1 amide bonds. The summed E-state index contributed by atoms with van der Waals surface area (Å²) >= 11 is 0. The Balaban J connectivity index is 1.68. The van der Waals surface area contributed by atoms with Gasteiger partial charge in [-0.25, -0.2) is 4.79 Å². The third-order valence-electron chi connectivity index (χ3n) is 6.41. The van der Waals surface area contributed by atoms with E-state index in [2.05, 4.69) is 29.2 Å².